The number of carbonyl (C=O) groups is 1. The van der Waals surface area contributed by atoms with Crippen LogP contribution in [0.4, 0.5) is 0 Å². The maximum absolute atomic E-state index is 11.1. The summed E-state index contributed by atoms with van der Waals surface area (Å²) in [5, 5.41) is 9.11. The molecule has 2 aromatic rings. The van der Waals surface area contributed by atoms with Crippen LogP contribution in [0, 0.1) is 0 Å². The van der Waals surface area contributed by atoms with E-state index < -0.39 is 5.97 Å². The lowest BCUT2D eigenvalue weighted by molar-refractivity contribution is 0.0697. The fraction of sp³-hybridized carbons (Fsp3) is 0.188. The third-order valence-electron chi connectivity index (χ3n) is 3.48. The zero-order chi connectivity index (χ0) is 14.1. The molecule has 1 aliphatic rings. The molecule has 102 valence electrons. The average molecular weight is 270 g/mol. The van der Waals surface area contributed by atoms with Crippen molar-refractivity contribution >= 4 is 5.97 Å². The van der Waals surface area contributed by atoms with Gasteiger partial charge in [0, 0.05) is 5.56 Å². The molecule has 0 atom stereocenters. The van der Waals surface area contributed by atoms with Gasteiger partial charge in [-0.1, -0.05) is 12.1 Å². The first-order chi connectivity index (χ1) is 9.69. The summed E-state index contributed by atoms with van der Waals surface area (Å²) in [6.07, 6.45) is 0. The summed E-state index contributed by atoms with van der Waals surface area (Å²) in [5.41, 5.74) is 4.29. The molecule has 3 rings (SSSR count). The Morgan fingerprint density at radius 3 is 2.70 bits per heavy atom. The van der Waals surface area contributed by atoms with Crippen LogP contribution >= 0.6 is 0 Å². The highest BCUT2D eigenvalue weighted by Crippen LogP contribution is 2.33. The van der Waals surface area contributed by atoms with Gasteiger partial charge in [0.25, 0.3) is 0 Å². The Hall–Kier alpha value is -2.33. The monoisotopic (exact) mass is 270 g/mol. The second kappa shape index (κ2) is 4.98. The number of rotatable bonds is 3. The molecule has 0 fully saturated rings. The summed E-state index contributed by atoms with van der Waals surface area (Å²) >= 11 is 0. The zero-order valence-corrected chi connectivity index (χ0v) is 11.1. The number of methoxy groups -OCH3 is 1. The molecular formula is C16H14O4. The Bertz CT molecular complexity index is 676. The van der Waals surface area contributed by atoms with Crippen molar-refractivity contribution < 1.29 is 19.4 Å². The molecule has 0 amide bonds. The van der Waals surface area contributed by atoms with Crippen molar-refractivity contribution in [2.45, 2.75) is 13.2 Å². The van der Waals surface area contributed by atoms with E-state index >= 15 is 0 Å². The average Bonchev–Trinajstić information content (AvgIpc) is 2.93. The Morgan fingerprint density at radius 2 is 1.95 bits per heavy atom. The van der Waals surface area contributed by atoms with Crippen molar-refractivity contribution in [3.05, 3.63) is 53.1 Å². The molecular weight excluding hydrogens is 256 g/mol. The second-order valence-corrected chi connectivity index (χ2v) is 4.70. The van der Waals surface area contributed by atoms with Gasteiger partial charge < -0.3 is 14.6 Å². The maximum Gasteiger partial charge on any atom is 0.335 e. The van der Waals surface area contributed by atoms with E-state index in [1.165, 1.54) is 5.56 Å². The van der Waals surface area contributed by atoms with Gasteiger partial charge in [-0.15, -0.1) is 0 Å². The van der Waals surface area contributed by atoms with Crippen molar-refractivity contribution in [1.29, 1.82) is 0 Å². The van der Waals surface area contributed by atoms with Crippen LogP contribution in [0.3, 0.4) is 0 Å². The molecule has 0 saturated heterocycles. The highest BCUT2D eigenvalue weighted by molar-refractivity contribution is 5.90. The standard InChI is InChI=1S/C16H14O4/c1-19-15-5-4-11(16(17)18)7-14(15)10-2-3-12-8-20-9-13(12)6-10/h2-7H,8-9H2,1H3,(H,17,18). The van der Waals surface area contributed by atoms with Gasteiger partial charge in [-0.2, -0.15) is 0 Å². The van der Waals surface area contributed by atoms with E-state index in [1.807, 2.05) is 18.2 Å². The summed E-state index contributed by atoms with van der Waals surface area (Å²) < 4.78 is 10.7. The van der Waals surface area contributed by atoms with Crippen LogP contribution in [-0.4, -0.2) is 18.2 Å². The van der Waals surface area contributed by atoms with Crippen molar-refractivity contribution in [3.63, 3.8) is 0 Å². The lowest BCUT2D eigenvalue weighted by Gasteiger charge is -2.11. The van der Waals surface area contributed by atoms with E-state index in [0.29, 0.717) is 19.0 Å². The number of benzene rings is 2. The number of aromatic carboxylic acids is 1. The molecule has 0 bridgehead atoms. The third-order valence-corrected chi connectivity index (χ3v) is 3.48. The van der Waals surface area contributed by atoms with Gasteiger partial charge in [-0.25, -0.2) is 4.79 Å². The number of hydrogen-bond donors (Lipinski definition) is 1. The fourth-order valence-corrected chi connectivity index (χ4v) is 2.41. The van der Waals surface area contributed by atoms with Gasteiger partial charge in [0.1, 0.15) is 5.75 Å². The molecule has 1 aliphatic heterocycles. The predicted octanol–water partition coefficient (Wildman–Crippen LogP) is 3.09. The number of fused-ring (bicyclic) bond motifs is 1. The van der Waals surface area contributed by atoms with Crippen LogP contribution in [0.5, 0.6) is 5.75 Å². The number of carboxylic acids is 1. The predicted molar refractivity (Wildman–Crippen MR) is 73.9 cm³/mol. The third kappa shape index (κ3) is 2.14. The van der Waals surface area contributed by atoms with Crippen molar-refractivity contribution in [2.24, 2.45) is 0 Å². The van der Waals surface area contributed by atoms with Crippen LogP contribution in [-0.2, 0) is 18.0 Å². The maximum atomic E-state index is 11.1. The van der Waals surface area contributed by atoms with E-state index in [2.05, 4.69) is 0 Å². The topological polar surface area (TPSA) is 55.8 Å². The van der Waals surface area contributed by atoms with Gasteiger partial charge in [0.05, 0.1) is 25.9 Å². The molecule has 0 radical (unpaired) electrons. The van der Waals surface area contributed by atoms with Crippen molar-refractivity contribution in [2.75, 3.05) is 7.11 Å². The molecule has 20 heavy (non-hydrogen) atoms. The normalized spacial score (nSPS) is 13.1. The van der Waals surface area contributed by atoms with Gasteiger partial charge in [-0.3, -0.25) is 0 Å². The number of ether oxygens (including phenoxy) is 2. The van der Waals surface area contributed by atoms with E-state index in [9.17, 15) is 4.79 Å². The van der Waals surface area contributed by atoms with Gasteiger partial charge in [0.15, 0.2) is 0 Å². The fourth-order valence-electron chi connectivity index (χ4n) is 2.41. The van der Waals surface area contributed by atoms with Gasteiger partial charge >= 0.3 is 5.97 Å². The van der Waals surface area contributed by atoms with Crippen LogP contribution in [0.2, 0.25) is 0 Å². The molecule has 0 unspecified atom stereocenters. The molecule has 1 heterocycles. The van der Waals surface area contributed by atoms with Crippen LogP contribution in [0.25, 0.3) is 11.1 Å². The smallest absolute Gasteiger partial charge is 0.335 e. The Labute approximate surface area is 116 Å². The zero-order valence-electron chi connectivity index (χ0n) is 11.1. The molecule has 4 heteroatoms. The van der Waals surface area contributed by atoms with E-state index in [4.69, 9.17) is 14.6 Å². The first-order valence-electron chi connectivity index (χ1n) is 6.30. The first kappa shape index (κ1) is 12.7. The minimum absolute atomic E-state index is 0.248. The second-order valence-electron chi connectivity index (χ2n) is 4.70. The van der Waals surface area contributed by atoms with E-state index in [0.717, 1.165) is 16.7 Å². The first-order valence-corrected chi connectivity index (χ1v) is 6.30. The largest absolute Gasteiger partial charge is 0.496 e. The molecule has 4 nitrogen and oxygen atoms in total. The van der Waals surface area contributed by atoms with Gasteiger partial charge in [-0.05, 0) is 41.0 Å². The lowest BCUT2D eigenvalue weighted by atomic mass is 9.98. The number of carboxylic acid groups (broad SMARTS) is 1. The number of hydrogen-bond acceptors (Lipinski definition) is 3. The summed E-state index contributed by atoms with van der Waals surface area (Å²) in [6.45, 7) is 1.24. The molecule has 2 aromatic carbocycles. The molecule has 0 aromatic heterocycles. The van der Waals surface area contributed by atoms with Crippen LogP contribution in [0.15, 0.2) is 36.4 Å². The Kier molecular flexibility index (Phi) is 3.16. The highest BCUT2D eigenvalue weighted by atomic mass is 16.5. The SMILES string of the molecule is COc1ccc(C(=O)O)cc1-c1ccc2c(c1)COC2. The summed E-state index contributed by atoms with van der Waals surface area (Å²) in [7, 11) is 1.58. The Morgan fingerprint density at radius 1 is 1.15 bits per heavy atom. The molecule has 0 spiro atoms. The van der Waals surface area contributed by atoms with Crippen molar-refractivity contribution in [1.82, 2.24) is 0 Å². The molecule has 1 N–H and O–H groups in total. The van der Waals surface area contributed by atoms with E-state index in [1.54, 1.807) is 25.3 Å². The lowest BCUT2D eigenvalue weighted by Crippen LogP contribution is -1.98. The van der Waals surface area contributed by atoms with E-state index in [-0.39, 0.29) is 5.56 Å². The quantitative estimate of drug-likeness (QED) is 0.931. The summed E-state index contributed by atoms with van der Waals surface area (Å²) in [5.74, 6) is -0.285. The minimum Gasteiger partial charge on any atom is -0.496 e. The van der Waals surface area contributed by atoms with Crippen LogP contribution < -0.4 is 4.74 Å². The Balaban J connectivity index is 2.12. The minimum atomic E-state index is -0.946. The summed E-state index contributed by atoms with van der Waals surface area (Å²) in [6, 6.07) is 10.9. The molecule has 0 aliphatic carbocycles. The highest BCUT2D eigenvalue weighted by Gasteiger charge is 2.15. The van der Waals surface area contributed by atoms with Gasteiger partial charge in [0.2, 0.25) is 0 Å². The summed E-state index contributed by atoms with van der Waals surface area (Å²) in [4.78, 5) is 11.1. The van der Waals surface area contributed by atoms with Crippen LogP contribution in [0.1, 0.15) is 21.5 Å². The molecule has 0 saturated carbocycles. The van der Waals surface area contributed by atoms with Crippen molar-refractivity contribution in [3.8, 4) is 16.9 Å².